The number of hydrogen-bond acceptors (Lipinski definition) is 11. The van der Waals surface area contributed by atoms with Crippen LogP contribution in [0.3, 0.4) is 0 Å². The monoisotopic (exact) mass is 768 g/mol. The first-order valence-electron chi connectivity index (χ1n) is 15.5. The lowest BCUT2D eigenvalue weighted by Crippen LogP contribution is -2.27. The number of aromatic nitrogens is 4. The molecule has 0 amide bonds. The van der Waals surface area contributed by atoms with E-state index in [-0.39, 0.29) is 30.5 Å². The number of aryl methyl sites for hydroxylation is 2. The topological polar surface area (TPSA) is 187 Å². The van der Waals surface area contributed by atoms with Gasteiger partial charge in [0.25, 0.3) is 0 Å². The van der Waals surface area contributed by atoms with E-state index in [2.05, 4.69) is 25.3 Å². The van der Waals surface area contributed by atoms with Crippen molar-refractivity contribution >= 4 is 64.9 Å². The Morgan fingerprint density at radius 1 is 0.735 bits per heavy atom. The highest BCUT2D eigenvalue weighted by atomic mass is 35.7. The maximum atomic E-state index is 12.4. The lowest BCUT2D eigenvalue weighted by Gasteiger charge is -2.14. The number of benzene rings is 2. The molecule has 2 aliphatic heterocycles. The molecule has 6 rings (SSSR count). The van der Waals surface area contributed by atoms with Crippen molar-refractivity contribution in [1.82, 2.24) is 29.6 Å². The Hall–Kier alpha value is -3.11. The highest BCUT2D eigenvalue weighted by Gasteiger charge is 2.32. The fourth-order valence-electron chi connectivity index (χ4n) is 5.49. The second-order valence-corrected chi connectivity index (χ2v) is 17.4. The van der Waals surface area contributed by atoms with Crippen LogP contribution in [0.25, 0.3) is 22.5 Å². The van der Waals surface area contributed by atoms with E-state index in [0.717, 1.165) is 62.9 Å². The quantitative estimate of drug-likeness (QED) is 0.187. The third-order valence-corrected chi connectivity index (χ3v) is 11.5. The van der Waals surface area contributed by atoms with Gasteiger partial charge >= 0.3 is 0 Å². The van der Waals surface area contributed by atoms with Crippen LogP contribution in [0.5, 0.6) is 0 Å². The van der Waals surface area contributed by atoms with Crippen molar-refractivity contribution in [2.24, 2.45) is 0 Å². The fourth-order valence-corrected chi connectivity index (χ4v) is 8.31. The van der Waals surface area contributed by atoms with E-state index in [0.29, 0.717) is 35.2 Å². The maximum absolute atomic E-state index is 12.4. The van der Waals surface area contributed by atoms with E-state index in [9.17, 15) is 16.8 Å². The van der Waals surface area contributed by atoms with Crippen molar-refractivity contribution in [2.75, 3.05) is 23.0 Å². The summed E-state index contributed by atoms with van der Waals surface area (Å²) in [7, 11) is -1.70. The number of sulfonamides is 1. The Bertz CT molecular complexity index is 2070. The van der Waals surface area contributed by atoms with Gasteiger partial charge in [-0.2, -0.15) is 4.31 Å². The Kier molecular flexibility index (Phi) is 12.9. The third-order valence-electron chi connectivity index (χ3n) is 7.67. The Labute approximate surface area is 302 Å². The highest BCUT2D eigenvalue weighted by Crippen LogP contribution is 2.35. The molecular formula is C32H39Cl3N8O4S2. The Morgan fingerprint density at radius 3 is 1.71 bits per heavy atom. The van der Waals surface area contributed by atoms with Gasteiger partial charge in [-0.3, -0.25) is 0 Å². The predicted molar refractivity (Wildman–Crippen MR) is 197 cm³/mol. The van der Waals surface area contributed by atoms with Crippen molar-refractivity contribution in [3.63, 3.8) is 0 Å². The second kappa shape index (κ2) is 16.3. The highest BCUT2D eigenvalue weighted by molar-refractivity contribution is 8.13. The van der Waals surface area contributed by atoms with Crippen LogP contribution >= 0.6 is 33.9 Å². The first-order chi connectivity index (χ1) is 23.0. The summed E-state index contributed by atoms with van der Waals surface area (Å²) in [4.78, 5) is 17.3. The van der Waals surface area contributed by atoms with Gasteiger partial charge in [0.1, 0.15) is 0 Å². The molecule has 0 saturated carbocycles. The van der Waals surface area contributed by atoms with Gasteiger partial charge in [-0.25, -0.2) is 36.8 Å². The molecule has 2 aromatic carbocycles. The molecule has 0 aliphatic carbocycles. The van der Waals surface area contributed by atoms with Gasteiger partial charge < -0.3 is 16.8 Å². The van der Waals surface area contributed by atoms with Crippen LogP contribution in [0.15, 0.2) is 36.4 Å². The first kappa shape index (κ1) is 38.7. The predicted octanol–water partition coefficient (Wildman–Crippen LogP) is 6.00. The molecule has 4 aromatic rings. The molecule has 0 unspecified atom stereocenters. The van der Waals surface area contributed by atoms with Crippen LogP contribution in [-0.4, -0.2) is 52.6 Å². The first-order valence-corrected chi connectivity index (χ1v) is 20.3. The fraction of sp³-hybridized carbons (Fsp3) is 0.375. The molecule has 49 heavy (non-hydrogen) atoms. The lowest BCUT2D eigenvalue weighted by atomic mass is 10.0. The second-order valence-electron chi connectivity index (χ2n) is 11.6. The molecule has 0 spiro atoms. The summed E-state index contributed by atoms with van der Waals surface area (Å²) in [5.74, 6) is 0.669. The van der Waals surface area contributed by atoms with Crippen LogP contribution in [0, 0.1) is 13.8 Å². The molecule has 2 aliphatic rings. The zero-order valence-electron chi connectivity index (χ0n) is 27.6. The number of nitrogen functional groups attached to an aromatic ring is 2. The van der Waals surface area contributed by atoms with E-state index in [1.54, 1.807) is 13.0 Å². The number of hydrogen-bond donors (Lipinski definition) is 3. The third kappa shape index (κ3) is 10.00. The van der Waals surface area contributed by atoms with Crippen LogP contribution in [0.4, 0.5) is 11.9 Å². The number of halogens is 3. The molecule has 0 saturated heterocycles. The van der Waals surface area contributed by atoms with Gasteiger partial charge in [-0.1, -0.05) is 49.2 Å². The van der Waals surface area contributed by atoms with Crippen molar-refractivity contribution < 1.29 is 16.8 Å². The minimum atomic E-state index is -3.30. The summed E-state index contributed by atoms with van der Waals surface area (Å²) in [5, 5.41) is 4.64. The van der Waals surface area contributed by atoms with Gasteiger partial charge in [0.2, 0.25) is 31.0 Å². The van der Waals surface area contributed by atoms with Gasteiger partial charge in [0, 0.05) is 62.6 Å². The molecule has 12 nitrogen and oxygen atoms in total. The number of nitrogens with two attached hydrogens (primary N) is 2. The summed E-state index contributed by atoms with van der Waals surface area (Å²) in [6.07, 6.45) is 1.16. The van der Waals surface area contributed by atoms with Crippen molar-refractivity contribution in [3.8, 4) is 22.5 Å². The van der Waals surface area contributed by atoms with E-state index < -0.39 is 19.1 Å². The summed E-state index contributed by atoms with van der Waals surface area (Å²) in [6, 6.07) is 11.3. The molecule has 0 bridgehead atoms. The summed E-state index contributed by atoms with van der Waals surface area (Å²) in [6.45, 7) is 9.62. The van der Waals surface area contributed by atoms with Crippen molar-refractivity contribution in [3.05, 3.63) is 80.1 Å². The molecule has 0 radical (unpaired) electrons. The van der Waals surface area contributed by atoms with Crippen LogP contribution in [-0.2, 0) is 45.3 Å². The molecule has 4 heterocycles. The average molecular weight is 770 g/mol. The number of nitrogens with zero attached hydrogens (tertiary/aromatic N) is 5. The standard InChI is InChI=1S/C16H19ClN4O2S.C13H13ClN4.C3H7ClO2S/c1-3-6-24(22,23)21-8-13-14(9-21)19-16(18)20-15(13)12-5-4-11(17)7-10(12)2;1-7-4-8(14)2-3-9(7)12-10-5-16-6-11(10)17-13(15)18-12;1-2-3-7(4,5)6/h4-5,7H,3,6,8-9H2,1-2H3,(H2,18,19,20);2-4,16H,5-6H2,1H3,(H2,15,17,18);2-3H2,1H3. The molecule has 0 atom stereocenters. The smallest absolute Gasteiger partial charge is 0.232 e. The average Bonchev–Trinajstić information content (AvgIpc) is 3.64. The van der Waals surface area contributed by atoms with Crippen LogP contribution < -0.4 is 16.8 Å². The normalized spacial score (nSPS) is 13.9. The number of nitrogens with one attached hydrogen (secondary N) is 1. The molecule has 264 valence electrons. The van der Waals surface area contributed by atoms with Gasteiger partial charge in [0.15, 0.2) is 0 Å². The molecule has 5 N–H and O–H groups in total. The summed E-state index contributed by atoms with van der Waals surface area (Å²) < 4.78 is 46.2. The van der Waals surface area contributed by atoms with Crippen LogP contribution in [0.1, 0.15) is 60.3 Å². The largest absolute Gasteiger partial charge is 0.368 e. The van der Waals surface area contributed by atoms with E-state index in [1.165, 1.54) is 4.31 Å². The summed E-state index contributed by atoms with van der Waals surface area (Å²) in [5.41, 5.74) is 20.8. The molecule has 0 fully saturated rings. The van der Waals surface area contributed by atoms with E-state index >= 15 is 0 Å². The van der Waals surface area contributed by atoms with E-state index in [4.69, 9.17) is 45.4 Å². The summed E-state index contributed by atoms with van der Waals surface area (Å²) >= 11 is 12.0. The van der Waals surface area contributed by atoms with E-state index in [1.807, 2.05) is 51.1 Å². The lowest BCUT2D eigenvalue weighted by molar-refractivity contribution is 0.429. The Balaban J connectivity index is 0.000000190. The van der Waals surface area contributed by atoms with Gasteiger partial charge in [0.05, 0.1) is 40.8 Å². The molecular weight excluding hydrogens is 731 g/mol. The van der Waals surface area contributed by atoms with Crippen molar-refractivity contribution in [1.29, 1.82) is 0 Å². The minimum absolute atomic E-state index is 0.0779. The zero-order valence-corrected chi connectivity index (χ0v) is 31.5. The van der Waals surface area contributed by atoms with Crippen LogP contribution in [0.2, 0.25) is 10.0 Å². The van der Waals surface area contributed by atoms with Crippen molar-refractivity contribution in [2.45, 2.75) is 66.7 Å². The number of fused-ring (bicyclic) bond motifs is 2. The molecule has 17 heteroatoms. The zero-order chi connectivity index (χ0) is 36.1. The maximum Gasteiger partial charge on any atom is 0.232 e. The molecule has 2 aromatic heterocycles. The Morgan fingerprint density at radius 2 is 1.24 bits per heavy atom. The van der Waals surface area contributed by atoms with Gasteiger partial charge in [-0.15, -0.1) is 0 Å². The van der Waals surface area contributed by atoms with Gasteiger partial charge in [-0.05, 0) is 62.1 Å². The number of anilines is 2. The number of rotatable bonds is 7. The minimum Gasteiger partial charge on any atom is -0.368 e. The SMILES string of the molecule is CCCS(=O)(=O)Cl.CCCS(=O)(=O)N1Cc2nc(N)nc(-c3ccc(Cl)cc3C)c2C1.Cc1cc(Cl)ccc1-c1nc(N)nc2c1CNC2.